The number of hydrogen-bond donors (Lipinski definition) is 3. The van der Waals surface area contributed by atoms with E-state index in [1.807, 2.05) is 0 Å². The van der Waals surface area contributed by atoms with Crippen molar-refractivity contribution in [3.63, 3.8) is 0 Å². The number of esters is 4. The number of rotatable bonds is 74. The molecule has 0 saturated heterocycles. The fraction of sp³-hybridized carbons (Fsp3) is 0.948. The van der Waals surface area contributed by atoms with Gasteiger partial charge in [0.15, 0.2) is 12.2 Å². The van der Waals surface area contributed by atoms with Crippen LogP contribution in [0.2, 0.25) is 0 Å². The van der Waals surface area contributed by atoms with Gasteiger partial charge in [0.2, 0.25) is 0 Å². The lowest BCUT2D eigenvalue weighted by Gasteiger charge is -2.21. The predicted octanol–water partition coefficient (Wildman–Crippen LogP) is 22.4. The van der Waals surface area contributed by atoms with Crippen molar-refractivity contribution >= 4 is 39.5 Å². The third-order valence-corrected chi connectivity index (χ3v) is 20.1. The van der Waals surface area contributed by atoms with Gasteiger partial charge < -0.3 is 33.8 Å². The first-order valence-electron chi connectivity index (χ1n) is 39.7. The quantitative estimate of drug-likeness (QED) is 0.0222. The normalized spacial score (nSPS) is 14.4. The zero-order chi connectivity index (χ0) is 71.0. The van der Waals surface area contributed by atoms with Gasteiger partial charge in [0, 0.05) is 25.7 Å². The number of carbonyl (C=O) groups excluding carboxylic acids is 4. The Kier molecular flexibility index (Phi) is 65.0. The van der Waals surface area contributed by atoms with Gasteiger partial charge in [-0.2, -0.15) is 0 Å². The van der Waals surface area contributed by atoms with Gasteiger partial charge in [-0.15, -0.1) is 0 Å². The van der Waals surface area contributed by atoms with Crippen LogP contribution in [-0.2, 0) is 65.4 Å². The van der Waals surface area contributed by atoms with Gasteiger partial charge in [-0.3, -0.25) is 37.3 Å². The molecule has 0 aromatic heterocycles. The lowest BCUT2D eigenvalue weighted by molar-refractivity contribution is -0.161. The Morgan fingerprint density at radius 2 is 0.500 bits per heavy atom. The fourth-order valence-electron chi connectivity index (χ4n) is 11.7. The van der Waals surface area contributed by atoms with Crippen molar-refractivity contribution in [1.82, 2.24) is 0 Å². The van der Waals surface area contributed by atoms with Crippen molar-refractivity contribution in [3.05, 3.63) is 0 Å². The van der Waals surface area contributed by atoms with E-state index in [0.29, 0.717) is 25.7 Å². The van der Waals surface area contributed by atoms with E-state index >= 15 is 0 Å². The standard InChI is InChI=1S/C77H150O17P2/c1-9-70(8)56-48-40-32-27-28-34-42-50-58-75(80)88-64-73(94-77(82)60-52-44-36-26-20-23-31-39-47-55-69(6)7)66-92-96(85,86)90-62-71(78)61-89-95(83,84)91-65-72(93-76(81)59-51-43-35-25-19-15-11-13-17-22-30-38-46-54-68(4)5)63-87-74(79)57-49-41-33-24-18-14-10-12-16-21-29-37-45-53-67(2)3/h67-73,78H,9-66H2,1-8H3,(H,83,84)(H,85,86)/t70?,71-,72-,73-/m1/s1. The first kappa shape index (κ1) is 94.1. The average molecular weight is 1410 g/mol. The zero-order valence-electron chi connectivity index (χ0n) is 63.0. The smallest absolute Gasteiger partial charge is 0.462 e. The van der Waals surface area contributed by atoms with E-state index < -0.39 is 97.5 Å². The monoisotopic (exact) mass is 1410 g/mol. The molecule has 0 spiro atoms. The molecule has 19 heteroatoms. The highest BCUT2D eigenvalue weighted by molar-refractivity contribution is 7.47. The number of ether oxygens (including phenoxy) is 4. The van der Waals surface area contributed by atoms with Crippen molar-refractivity contribution in [1.29, 1.82) is 0 Å². The summed E-state index contributed by atoms with van der Waals surface area (Å²) in [5, 5.41) is 10.6. The van der Waals surface area contributed by atoms with Crippen LogP contribution in [0.5, 0.6) is 0 Å². The van der Waals surface area contributed by atoms with Gasteiger partial charge in [0.1, 0.15) is 19.3 Å². The van der Waals surface area contributed by atoms with Crippen LogP contribution in [0.1, 0.15) is 389 Å². The van der Waals surface area contributed by atoms with Crippen LogP contribution in [0.4, 0.5) is 0 Å². The molecule has 0 aliphatic carbocycles. The second kappa shape index (κ2) is 66.3. The topological polar surface area (TPSA) is 237 Å². The molecule has 570 valence electrons. The number of phosphoric acid groups is 2. The van der Waals surface area contributed by atoms with Gasteiger partial charge in [0.25, 0.3) is 0 Å². The number of hydrogen-bond acceptors (Lipinski definition) is 15. The van der Waals surface area contributed by atoms with Crippen LogP contribution < -0.4 is 0 Å². The van der Waals surface area contributed by atoms with E-state index in [2.05, 4.69) is 55.4 Å². The van der Waals surface area contributed by atoms with Crippen LogP contribution in [0.25, 0.3) is 0 Å². The highest BCUT2D eigenvalue weighted by Gasteiger charge is 2.30. The number of aliphatic hydroxyl groups is 1. The van der Waals surface area contributed by atoms with E-state index in [1.165, 1.54) is 193 Å². The minimum Gasteiger partial charge on any atom is -0.462 e. The van der Waals surface area contributed by atoms with Gasteiger partial charge in [-0.05, 0) is 49.4 Å². The first-order chi connectivity index (χ1) is 46.1. The maximum absolute atomic E-state index is 13.1. The molecule has 6 atom stereocenters. The van der Waals surface area contributed by atoms with Crippen LogP contribution in [0, 0.1) is 23.7 Å². The van der Waals surface area contributed by atoms with Gasteiger partial charge in [-0.25, -0.2) is 9.13 Å². The molecule has 3 N–H and O–H groups in total. The van der Waals surface area contributed by atoms with Gasteiger partial charge >= 0.3 is 39.5 Å². The summed E-state index contributed by atoms with van der Waals surface area (Å²) in [6, 6.07) is 0. The first-order valence-corrected chi connectivity index (χ1v) is 42.7. The number of carbonyl (C=O) groups is 4. The minimum atomic E-state index is -4.96. The summed E-state index contributed by atoms with van der Waals surface area (Å²) in [7, 11) is -9.92. The largest absolute Gasteiger partial charge is 0.472 e. The lowest BCUT2D eigenvalue weighted by Crippen LogP contribution is -2.30. The SMILES string of the molecule is CCC(C)CCCCCCCCCCC(=O)OC[C@H](COP(=O)(O)OC[C@H](O)COP(=O)(O)OC[C@@H](COC(=O)CCCCCCCCCCCCCCCC(C)C)OC(=O)CCCCCCCCCCCCCCCC(C)C)OC(=O)CCCCCCCCCCCC(C)C. The van der Waals surface area contributed by atoms with E-state index in [4.69, 9.17) is 37.0 Å². The van der Waals surface area contributed by atoms with Crippen molar-refractivity contribution in [2.75, 3.05) is 39.6 Å². The Morgan fingerprint density at radius 3 is 0.740 bits per heavy atom. The lowest BCUT2D eigenvalue weighted by atomic mass is 9.99. The Bertz CT molecular complexity index is 1890. The maximum atomic E-state index is 13.1. The van der Waals surface area contributed by atoms with E-state index in [9.17, 15) is 43.2 Å². The molecule has 96 heavy (non-hydrogen) atoms. The van der Waals surface area contributed by atoms with Crippen LogP contribution in [0.15, 0.2) is 0 Å². The molecule has 0 aliphatic rings. The summed E-state index contributed by atoms with van der Waals surface area (Å²) in [5.41, 5.74) is 0. The predicted molar refractivity (Wildman–Crippen MR) is 391 cm³/mol. The van der Waals surface area contributed by atoms with E-state index in [1.54, 1.807) is 0 Å². The average Bonchev–Trinajstić information content (AvgIpc) is 1.65. The Hall–Kier alpha value is -1.94. The summed E-state index contributed by atoms with van der Waals surface area (Å²) in [6.07, 6.45) is 51.2. The summed E-state index contributed by atoms with van der Waals surface area (Å²) in [6.45, 7) is 14.2. The molecule has 17 nitrogen and oxygen atoms in total. The molecule has 0 fully saturated rings. The summed E-state index contributed by atoms with van der Waals surface area (Å²) in [5.74, 6) is 0.972. The van der Waals surface area contributed by atoms with Crippen LogP contribution in [-0.4, -0.2) is 96.7 Å². The molecular weight excluding hydrogens is 1260 g/mol. The molecular formula is C77H150O17P2. The minimum absolute atomic E-state index is 0.105. The van der Waals surface area contributed by atoms with E-state index in [-0.39, 0.29) is 25.7 Å². The molecule has 0 heterocycles. The Labute approximate surface area is 588 Å². The van der Waals surface area contributed by atoms with Gasteiger partial charge in [0.05, 0.1) is 26.4 Å². The third kappa shape index (κ3) is 69.2. The number of phosphoric ester groups is 2. The summed E-state index contributed by atoms with van der Waals surface area (Å²) >= 11 is 0. The van der Waals surface area contributed by atoms with E-state index in [0.717, 1.165) is 114 Å². The highest BCUT2D eigenvalue weighted by Crippen LogP contribution is 2.45. The Morgan fingerprint density at radius 1 is 0.292 bits per heavy atom. The second-order valence-corrected chi connectivity index (χ2v) is 32.3. The van der Waals surface area contributed by atoms with Crippen molar-refractivity contribution < 1.29 is 80.2 Å². The molecule has 0 rings (SSSR count). The van der Waals surface area contributed by atoms with Gasteiger partial charge in [-0.1, -0.05) is 338 Å². The van der Waals surface area contributed by atoms with Crippen molar-refractivity contribution in [2.24, 2.45) is 23.7 Å². The van der Waals surface area contributed by atoms with Crippen LogP contribution >= 0.6 is 15.6 Å². The summed E-state index contributed by atoms with van der Waals surface area (Å²) in [4.78, 5) is 72.9. The maximum Gasteiger partial charge on any atom is 0.472 e. The molecule has 0 aliphatic heterocycles. The molecule has 3 unspecified atom stereocenters. The molecule has 0 bridgehead atoms. The second-order valence-electron chi connectivity index (χ2n) is 29.4. The van der Waals surface area contributed by atoms with Crippen molar-refractivity contribution in [3.8, 4) is 0 Å². The molecule has 0 aromatic rings. The molecule has 0 amide bonds. The molecule has 0 radical (unpaired) electrons. The number of unbranched alkanes of at least 4 members (excludes halogenated alkanes) is 39. The Balaban J connectivity index is 5.27. The fourth-order valence-corrected chi connectivity index (χ4v) is 13.3. The highest BCUT2D eigenvalue weighted by atomic mass is 31.2. The van der Waals surface area contributed by atoms with Crippen molar-refractivity contribution in [2.45, 2.75) is 408 Å². The number of aliphatic hydroxyl groups excluding tert-OH is 1. The summed E-state index contributed by atoms with van der Waals surface area (Å²) < 4.78 is 68.6. The zero-order valence-corrected chi connectivity index (χ0v) is 64.8. The van der Waals surface area contributed by atoms with Crippen LogP contribution in [0.3, 0.4) is 0 Å². The molecule has 0 saturated carbocycles. The third-order valence-electron chi connectivity index (χ3n) is 18.2. The molecule has 0 aromatic carbocycles.